The van der Waals surface area contributed by atoms with Crippen molar-refractivity contribution >= 4 is 23.4 Å². The van der Waals surface area contributed by atoms with Gasteiger partial charge in [0.25, 0.3) is 5.91 Å². The van der Waals surface area contributed by atoms with Gasteiger partial charge in [0.15, 0.2) is 5.65 Å². The molecule has 37 heavy (non-hydrogen) atoms. The van der Waals surface area contributed by atoms with E-state index in [4.69, 9.17) is 0 Å². The van der Waals surface area contributed by atoms with E-state index in [2.05, 4.69) is 25.8 Å². The summed E-state index contributed by atoms with van der Waals surface area (Å²) in [5.74, 6) is 0.209. The first-order chi connectivity index (χ1) is 18.1. The van der Waals surface area contributed by atoms with Crippen molar-refractivity contribution in [1.29, 1.82) is 0 Å². The average molecular weight is 492 g/mol. The molecule has 1 fully saturated rings. The fourth-order valence-electron chi connectivity index (χ4n) is 4.15. The number of amides is 2. The molecule has 2 amide bonds. The van der Waals surface area contributed by atoms with Gasteiger partial charge >= 0.3 is 0 Å². The van der Waals surface area contributed by atoms with E-state index < -0.39 is 0 Å². The maximum atomic E-state index is 12.7. The normalized spacial score (nSPS) is 13.0. The highest BCUT2D eigenvalue weighted by atomic mass is 16.2. The molecule has 9 nitrogen and oxygen atoms in total. The molecular weight excluding hydrogens is 466 g/mol. The Balaban J connectivity index is 1.09. The molecule has 0 aliphatic heterocycles. The molecular formula is C28H25N7O2. The average Bonchev–Trinajstić information content (AvgIpc) is 3.54. The Kier molecular flexibility index (Phi) is 5.94. The van der Waals surface area contributed by atoms with Crippen molar-refractivity contribution in [3.05, 3.63) is 96.3 Å². The van der Waals surface area contributed by atoms with Crippen LogP contribution in [0.25, 0.3) is 22.6 Å². The Morgan fingerprint density at radius 3 is 2.49 bits per heavy atom. The zero-order valence-electron chi connectivity index (χ0n) is 20.0. The summed E-state index contributed by atoms with van der Waals surface area (Å²) in [5, 5.41) is 14.8. The highest BCUT2D eigenvalue weighted by Crippen LogP contribution is 2.30. The molecule has 6 rings (SSSR count). The van der Waals surface area contributed by atoms with E-state index >= 15 is 0 Å². The molecule has 0 bridgehead atoms. The lowest BCUT2D eigenvalue weighted by Gasteiger charge is -2.07. The Hall–Kier alpha value is -4.79. The third kappa shape index (κ3) is 4.97. The SMILES string of the molecule is O=C(NCCc1ccn(-c2ccccc2)n1)c1ccc(-c2cccc3nc(NC(=O)C4CC4)nn23)cc1. The second-order valence-electron chi connectivity index (χ2n) is 9.05. The predicted molar refractivity (Wildman–Crippen MR) is 139 cm³/mol. The Bertz CT molecular complexity index is 1570. The summed E-state index contributed by atoms with van der Waals surface area (Å²) in [4.78, 5) is 29.2. The van der Waals surface area contributed by atoms with Gasteiger partial charge in [0.1, 0.15) is 0 Å². The topological polar surface area (TPSA) is 106 Å². The van der Waals surface area contributed by atoms with Crippen molar-refractivity contribution in [2.45, 2.75) is 19.3 Å². The molecule has 0 radical (unpaired) electrons. The number of benzene rings is 2. The van der Waals surface area contributed by atoms with Gasteiger partial charge in [0, 0.05) is 36.2 Å². The number of nitrogens with zero attached hydrogens (tertiary/aromatic N) is 5. The van der Waals surface area contributed by atoms with Crippen molar-refractivity contribution in [2.75, 3.05) is 11.9 Å². The van der Waals surface area contributed by atoms with Crippen LogP contribution in [0.2, 0.25) is 0 Å². The van der Waals surface area contributed by atoms with Crippen molar-refractivity contribution in [1.82, 2.24) is 29.7 Å². The van der Waals surface area contributed by atoms with Gasteiger partial charge < -0.3 is 5.32 Å². The van der Waals surface area contributed by atoms with Crippen molar-refractivity contribution in [2.24, 2.45) is 5.92 Å². The summed E-state index contributed by atoms with van der Waals surface area (Å²) >= 11 is 0. The number of carbonyl (C=O) groups excluding carboxylic acids is 2. The molecule has 0 saturated heterocycles. The minimum Gasteiger partial charge on any atom is -0.352 e. The van der Waals surface area contributed by atoms with Gasteiger partial charge in [-0.05, 0) is 55.3 Å². The maximum Gasteiger partial charge on any atom is 0.251 e. The number of aromatic nitrogens is 5. The van der Waals surface area contributed by atoms with Crippen LogP contribution in [0.4, 0.5) is 5.95 Å². The summed E-state index contributed by atoms with van der Waals surface area (Å²) in [6.07, 6.45) is 4.40. The van der Waals surface area contributed by atoms with Crippen LogP contribution in [0.5, 0.6) is 0 Å². The second-order valence-corrected chi connectivity index (χ2v) is 9.05. The smallest absolute Gasteiger partial charge is 0.251 e. The Morgan fingerprint density at radius 2 is 1.70 bits per heavy atom. The van der Waals surface area contributed by atoms with E-state index in [1.54, 1.807) is 16.6 Å². The quantitative estimate of drug-likeness (QED) is 0.342. The van der Waals surface area contributed by atoms with Crippen molar-refractivity contribution < 1.29 is 9.59 Å². The summed E-state index contributed by atoms with van der Waals surface area (Å²) < 4.78 is 3.53. The number of hydrogen-bond donors (Lipinski definition) is 2. The fraction of sp³-hybridized carbons (Fsp3) is 0.179. The zero-order chi connectivity index (χ0) is 25.2. The van der Waals surface area contributed by atoms with Crippen LogP contribution < -0.4 is 10.6 Å². The predicted octanol–water partition coefficient (Wildman–Crippen LogP) is 3.90. The summed E-state index contributed by atoms with van der Waals surface area (Å²) in [7, 11) is 0. The van der Waals surface area contributed by atoms with E-state index in [9.17, 15) is 9.59 Å². The molecule has 3 heterocycles. The molecule has 0 atom stereocenters. The first-order valence-electron chi connectivity index (χ1n) is 12.3. The van der Waals surface area contributed by atoms with E-state index in [0.717, 1.165) is 35.5 Å². The highest BCUT2D eigenvalue weighted by Gasteiger charge is 2.30. The molecule has 5 aromatic rings. The van der Waals surface area contributed by atoms with Gasteiger partial charge in [-0.25, -0.2) is 9.20 Å². The lowest BCUT2D eigenvalue weighted by molar-refractivity contribution is -0.117. The van der Waals surface area contributed by atoms with Gasteiger partial charge in [-0.2, -0.15) is 10.1 Å². The number of carbonyl (C=O) groups is 2. The molecule has 184 valence electrons. The number of para-hydroxylation sites is 1. The standard InChI is InChI=1S/C28H25N7O2/c36-26(29-17-15-22-16-18-34(32-22)23-5-2-1-3-6-23)20-11-9-19(10-12-20)24-7-4-8-25-30-28(33-35(24)25)31-27(37)21-13-14-21/h1-12,16,18,21H,13-15,17H2,(H,29,36)(H,31,33,37). The largest absolute Gasteiger partial charge is 0.352 e. The van der Waals surface area contributed by atoms with Gasteiger partial charge in [0.05, 0.1) is 17.1 Å². The van der Waals surface area contributed by atoms with Crippen LogP contribution in [0.1, 0.15) is 28.9 Å². The first-order valence-corrected chi connectivity index (χ1v) is 12.3. The summed E-state index contributed by atoms with van der Waals surface area (Å²) in [5.41, 5.74) is 4.82. The number of fused-ring (bicyclic) bond motifs is 1. The monoisotopic (exact) mass is 491 g/mol. The molecule has 2 N–H and O–H groups in total. The lowest BCUT2D eigenvalue weighted by Crippen LogP contribution is -2.25. The van der Waals surface area contributed by atoms with Crippen LogP contribution >= 0.6 is 0 Å². The number of hydrogen-bond acceptors (Lipinski definition) is 5. The van der Waals surface area contributed by atoms with Crippen LogP contribution in [-0.4, -0.2) is 42.7 Å². The Morgan fingerprint density at radius 1 is 0.892 bits per heavy atom. The minimum atomic E-state index is -0.141. The molecule has 9 heteroatoms. The summed E-state index contributed by atoms with van der Waals surface area (Å²) in [6, 6.07) is 24.9. The van der Waals surface area contributed by atoms with Crippen LogP contribution in [0.3, 0.4) is 0 Å². The van der Waals surface area contributed by atoms with E-state index in [0.29, 0.717) is 30.1 Å². The number of nitrogens with one attached hydrogen (secondary N) is 2. The summed E-state index contributed by atoms with van der Waals surface area (Å²) in [6.45, 7) is 0.486. The molecule has 0 spiro atoms. The first kappa shape index (κ1) is 22.7. The van der Waals surface area contributed by atoms with Crippen LogP contribution in [-0.2, 0) is 11.2 Å². The van der Waals surface area contributed by atoms with Gasteiger partial charge in [-0.1, -0.05) is 36.4 Å². The molecule has 1 aliphatic rings. The number of pyridine rings is 1. The third-order valence-corrected chi connectivity index (χ3v) is 6.32. The zero-order valence-corrected chi connectivity index (χ0v) is 20.0. The fourth-order valence-corrected chi connectivity index (χ4v) is 4.15. The van der Waals surface area contributed by atoms with Gasteiger partial charge in [-0.15, -0.1) is 5.10 Å². The van der Waals surface area contributed by atoms with E-state index in [1.165, 1.54) is 0 Å². The van der Waals surface area contributed by atoms with Crippen molar-refractivity contribution in [3.8, 4) is 16.9 Å². The van der Waals surface area contributed by atoms with Gasteiger partial charge in [0.2, 0.25) is 11.9 Å². The molecule has 1 saturated carbocycles. The molecule has 3 aromatic heterocycles. The number of anilines is 1. The Labute approximate surface area is 213 Å². The second kappa shape index (κ2) is 9.69. The molecule has 2 aromatic carbocycles. The lowest BCUT2D eigenvalue weighted by atomic mass is 10.1. The van der Waals surface area contributed by atoms with Crippen LogP contribution in [0, 0.1) is 5.92 Å². The van der Waals surface area contributed by atoms with E-state index in [-0.39, 0.29) is 17.7 Å². The molecule has 0 unspecified atom stereocenters. The third-order valence-electron chi connectivity index (χ3n) is 6.32. The van der Waals surface area contributed by atoms with Crippen LogP contribution in [0.15, 0.2) is 85.1 Å². The van der Waals surface area contributed by atoms with E-state index in [1.807, 2.05) is 77.6 Å². The molecule has 1 aliphatic carbocycles. The van der Waals surface area contributed by atoms with Gasteiger partial charge in [-0.3, -0.25) is 14.9 Å². The van der Waals surface area contributed by atoms with Crippen molar-refractivity contribution in [3.63, 3.8) is 0 Å². The highest BCUT2D eigenvalue weighted by molar-refractivity contribution is 5.94. The maximum absolute atomic E-state index is 12.7. The minimum absolute atomic E-state index is 0.0302. The number of rotatable bonds is 8.